The molecule has 8 heteroatoms. The summed E-state index contributed by atoms with van der Waals surface area (Å²) in [6.45, 7) is 6.45. The van der Waals surface area contributed by atoms with Gasteiger partial charge >= 0.3 is 0 Å². The number of fused-ring (bicyclic) bond motifs is 1. The predicted octanol–water partition coefficient (Wildman–Crippen LogP) is 3.84. The number of pyridine rings is 1. The molecule has 0 spiro atoms. The summed E-state index contributed by atoms with van der Waals surface area (Å²) in [5.74, 6) is 0.573. The SMILES string of the molecule is COC1=C(c2cc(C(=O)Nc3nc4cc(F)c(C)cc4n3C)cc(C)n2)C(C)=[N+](C)CC1. The fourth-order valence-electron chi connectivity index (χ4n) is 4.02. The fourth-order valence-corrected chi connectivity index (χ4v) is 4.02. The van der Waals surface area contributed by atoms with Crippen molar-refractivity contribution in [3.05, 3.63) is 58.4 Å². The maximum atomic E-state index is 13.9. The summed E-state index contributed by atoms with van der Waals surface area (Å²) < 4.78 is 23.5. The van der Waals surface area contributed by atoms with Crippen LogP contribution < -0.4 is 5.32 Å². The molecule has 1 aromatic carbocycles. The van der Waals surface area contributed by atoms with Crippen molar-refractivity contribution in [2.24, 2.45) is 7.05 Å². The van der Waals surface area contributed by atoms with Crippen molar-refractivity contribution in [1.29, 1.82) is 0 Å². The van der Waals surface area contributed by atoms with E-state index in [1.54, 1.807) is 43.8 Å². The summed E-state index contributed by atoms with van der Waals surface area (Å²) in [5.41, 5.74) is 5.60. The number of imidazole rings is 1. The van der Waals surface area contributed by atoms with Gasteiger partial charge in [-0.2, -0.15) is 0 Å². The Morgan fingerprint density at radius 1 is 1.19 bits per heavy atom. The van der Waals surface area contributed by atoms with Crippen LogP contribution in [0, 0.1) is 19.7 Å². The highest BCUT2D eigenvalue weighted by Crippen LogP contribution is 2.27. The highest BCUT2D eigenvalue weighted by Gasteiger charge is 2.27. The molecule has 0 bridgehead atoms. The number of methoxy groups -OCH3 is 1. The van der Waals surface area contributed by atoms with E-state index in [0.29, 0.717) is 28.3 Å². The Labute approximate surface area is 186 Å². The molecular formula is C24H27FN5O2+. The minimum Gasteiger partial charge on any atom is -0.500 e. The quantitative estimate of drug-likeness (QED) is 0.631. The normalized spacial score (nSPS) is 14.3. The maximum absolute atomic E-state index is 13.9. The van der Waals surface area contributed by atoms with E-state index < -0.39 is 0 Å². The van der Waals surface area contributed by atoms with E-state index in [1.807, 2.05) is 20.9 Å². The van der Waals surface area contributed by atoms with Gasteiger partial charge in [-0.25, -0.2) is 13.9 Å². The Morgan fingerprint density at radius 2 is 1.94 bits per heavy atom. The lowest BCUT2D eigenvalue weighted by Crippen LogP contribution is -2.25. The van der Waals surface area contributed by atoms with Crippen LogP contribution in [0.5, 0.6) is 0 Å². The molecule has 0 atom stereocenters. The lowest BCUT2D eigenvalue weighted by Gasteiger charge is -2.18. The predicted molar refractivity (Wildman–Crippen MR) is 123 cm³/mol. The number of benzene rings is 1. The summed E-state index contributed by atoms with van der Waals surface area (Å²) in [6, 6.07) is 6.61. The van der Waals surface area contributed by atoms with E-state index >= 15 is 0 Å². The van der Waals surface area contributed by atoms with Crippen LogP contribution in [0.4, 0.5) is 10.3 Å². The van der Waals surface area contributed by atoms with Crippen LogP contribution in [0.2, 0.25) is 0 Å². The molecule has 166 valence electrons. The lowest BCUT2D eigenvalue weighted by atomic mass is 9.99. The van der Waals surface area contributed by atoms with E-state index in [2.05, 4.69) is 19.9 Å². The van der Waals surface area contributed by atoms with Crippen LogP contribution in [0.3, 0.4) is 0 Å². The van der Waals surface area contributed by atoms with Crippen molar-refractivity contribution in [2.45, 2.75) is 27.2 Å². The topological polar surface area (TPSA) is 72.0 Å². The van der Waals surface area contributed by atoms with Crippen LogP contribution in [-0.2, 0) is 11.8 Å². The molecule has 0 saturated heterocycles. The largest absolute Gasteiger partial charge is 0.500 e. The average molecular weight is 437 g/mol. The van der Waals surface area contributed by atoms with Crippen LogP contribution in [0.1, 0.15) is 40.7 Å². The Bertz CT molecular complexity index is 1320. The molecule has 3 aromatic rings. The monoisotopic (exact) mass is 436 g/mol. The van der Waals surface area contributed by atoms with Crippen LogP contribution in [0.25, 0.3) is 16.6 Å². The third-order valence-corrected chi connectivity index (χ3v) is 5.99. The molecule has 4 rings (SSSR count). The van der Waals surface area contributed by atoms with Gasteiger partial charge < -0.3 is 9.30 Å². The van der Waals surface area contributed by atoms with Gasteiger partial charge in [0.1, 0.15) is 30.7 Å². The van der Waals surface area contributed by atoms with Gasteiger partial charge in [0.2, 0.25) is 5.95 Å². The molecule has 0 unspecified atom stereocenters. The van der Waals surface area contributed by atoms with Crippen molar-refractivity contribution in [2.75, 3.05) is 26.0 Å². The van der Waals surface area contributed by atoms with E-state index in [0.717, 1.165) is 41.2 Å². The molecular weight excluding hydrogens is 409 g/mol. The number of hydrogen-bond donors (Lipinski definition) is 1. The number of halogens is 1. The number of rotatable bonds is 4. The number of carbonyl (C=O) groups excluding carboxylic acids is 1. The molecule has 1 amide bonds. The molecule has 0 saturated carbocycles. The number of hydrogen-bond acceptors (Lipinski definition) is 4. The number of ether oxygens (including phenoxy) is 1. The number of amides is 1. The Balaban J connectivity index is 1.72. The summed E-state index contributed by atoms with van der Waals surface area (Å²) in [4.78, 5) is 22.2. The number of nitrogens with zero attached hydrogens (tertiary/aromatic N) is 4. The van der Waals surface area contributed by atoms with Crippen LogP contribution in [0.15, 0.2) is 30.0 Å². The zero-order valence-corrected chi connectivity index (χ0v) is 19.2. The molecule has 0 radical (unpaired) electrons. The van der Waals surface area contributed by atoms with Crippen molar-refractivity contribution in [1.82, 2.24) is 14.5 Å². The van der Waals surface area contributed by atoms with Crippen molar-refractivity contribution in [3.8, 4) is 0 Å². The van der Waals surface area contributed by atoms with Crippen molar-refractivity contribution < 1.29 is 18.5 Å². The van der Waals surface area contributed by atoms with E-state index in [9.17, 15) is 9.18 Å². The highest BCUT2D eigenvalue weighted by molar-refractivity contribution is 6.21. The van der Waals surface area contributed by atoms with Crippen molar-refractivity contribution >= 4 is 34.2 Å². The zero-order chi connectivity index (χ0) is 23.2. The number of aromatic nitrogens is 3. The van der Waals surface area contributed by atoms with Crippen LogP contribution >= 0.6 is 0 Å². The van der Waals surface area contributed by atoms with E-state index in [4.69, 9.17) is 4.74 Å². The number of aryl methyl sites for hydroxylation is 3. The maximum Gasteiger partial charge on any atom is 0.258 e. The third-order valence-electron chi connectivity index (χ3n) is 5.99. The Hall–Kier alpha value is -3.55. The third kappa shape index (κ3) is 3.77. The second-order valence-corrected chi connectivity index (χ2v) is 8.18. The first-order chi connectivity index (χ1) is 15.2. The number of nitrogens with one attached hydrogen (secondary N) is 1. The first kappa shape index (κ1) is 21.7. The molecule has 32 heavy (non-hydrogen) atoms. The molecule has 3 heterocycles. The molecule has 0 aliphatic carbocycles. The van der Waals surface area contributed by atoms with Gasteiger partial charge in [-0.3, -0.25) is 15.1 Å². The number of carbonyl (C=O) groups is 1. The molecule has 0 fully saturated rings. The number of anilines is 1. The standard InChI is InChI=1S/C24H26FN5O2/c1-13-9-20-18(12-17(13)25)27-24(30(20)5)28-23(31)16-10-14(2)26-19(11-16)22-15(3)29(4)8-7-21(22)32-6/h9-12H,7-8H2,1-6H3/p+1. The molecule has 1 N–H and O–H groups in total. The van der Waals surface area contributed by atoms with Gasteiger partial charge in [-0.05, 0) is 37.6 Å². The Kier molecular flexibility index (Phi) is 5.54. The van der Waals surface area contributed by atoms with Gasteiger partial charge in [0.25, 0.3) is 5.91 Å². The van der Waals surface area contributed by atoms with Gasteiger partial charge in [0.15, 0.2) is 5.71 Å². The van der Waals surface area contributed by atoms with Gasteiger partial charge in [0, 0.05) is 31.3 Å². The first-order valence-electron chi connectivity index (χ1n) is 10.4. The summed E-state index contributed by atoms with van der Waals surface area (Å²) in [5, 5.41) is 2.86. The minimum absolute atomic E-state index is 0.311. The summed E-state index contributed by atoms with van der Waals surface area (Å²) in [6.07, 6.45) is 0.770. The summed E-state index contributed by atoms with van der Waals surface area (Å²) >= 11 is 0. The first-order valence-corrected chi connectivity index (χ1v) is 10.4. The van der Waals surface area contributed by atoms with Gasteiger partial charge in [-0.15, -0.1) is 0 Å². The van der Waals surface area contributed by atoms with Gasteiger partial charge in [-0.1, -0.05) is 0 Å². The van der Waals surface area contributed by atoms with E-state index in [1.165, 1.54) is 6.07 Å². The smallest absolute Gasteiger partial charge is 0.258 e. The second-order valence-electron chi connectivity index (χ2n) is 8.18. The lowest BCUT2D eigenvalue weighted by molar-refractivity contribution is -0.497. The van der Waals surface area contributed by atoms with E-state index in [-0.39, 0.29) is 11.7 Å². The average Bonchev–Trinajstić information content (AvgIpc) is 3.04. The molecule has 7 nitrogen and oxygen atoms in total. The molecule has 1 aliphatic heterocycles. The molecule has 1 aliphatic rings. The summed E-state index contributed by atoms with van der Waals surface area (Å²) in [7, 11) is 5.48. The number of allylic oxidation sites excluding steroid dienone is 1. The Morgan fingerprint density at radius 3 is 2.66 bits per heavy atom. The molecule has 2 aromatic heterocycles. The second kappa shape index (κ2) is 8.18. The highest BCUT2D eigenvalue weighted by atomic mass is 19.1. The van der Waals surface area contributed by atoms with Crippen molar-refractivity contribution in [3.63, 3.8) is 0 Å². The fraction of sp³-hybridized carbons (Fsp3) is 0.333. The van der Waals surface area contributed by atoms with Gasteiger partial charge in [0.05, 0.1) is 30.3 Å². The minimum atomic E-state index is -0.325. The van der Waals surface area contributed by atoms with Crippen LogP contribution in [-0.4, -0.2) is 51.4 Å². The zero-order valence-electron chi connectivity index (χ0n) is 19.2.